The number of benzene rings is 2. The number of hydrogen-bond acceptors (Lipinski definition) is 4. The van der Waals surface area contributed by atoms with E-state index in [4.69, 9.17) is 17.3 Å². The van der Waals surface area contributed by atoms with Crippen molar-refractivity contribution in [3.63, 3.8) is 0 Å². The summed E-state index contributed by atoms with van der Waals surface area (Å²) in [4.78, 5) is 11.3. The Kier molecular flexibility index (Phi) is 5.61. The Morgan fingerprint density at radius 2 is 1.67 bits per heavy atom. The van der Waals surface area contributed by atoms with Gasteiger partial charge in [-0.2, -0.15) is 0 Å². The predicted octanol–water partition coefficient (Wildman–Crippen LogP) is 2.08. The molecule has 4 N–H and O–H groups in total. The second-order valence-corrected chi connectivity index (χ2v) is 7.48. The number of rotatable bonds is 6. The Bertz CT molecular complexity index is 820. The molecule has 0 spiro atoms. The fourth-order valence-corrected chi connectivity index (χ4v) is 3.49. The van der Waals surface area contributed by atoms with Crippen molar-refractivity contribution in [3.05, 3.63) is 64.7 Å². The minimum Gasteiger partial charge on any atom is -0.480 e. The molecule has 0 radical (unpaired) electrons. The van der Waals surface area contributed by atoms with Gasteiger partial charge in [0.25, 0.3) is 0 Å². The molecular weight excluding hydrogens is 352 g/mol. The molecule has 2 rings (SSSR count). The largest absolute Gasteiger partial charge is 0.480 e. The van der Waals surface area contributed by atoms with Crippen LogP contribution < -0.4 is 10.5 Å². The van der Waals surface area contributed by atoms with Crippen molar-refractivity contribution in [2.24, 2.45) is 5.73 Å². The third-order valence-corrected chi connectivity index (χ3v) is 5.20. The van der Waals surface area contributed by atoms with Crippen LogP contribution in [0.4, 0.5) is 0 Å². The summed E-state index contributed by atoms with van der Waals surface area (Å²) in [7, 11) is -3.94. The first kappa shape index (κ1) is 18.4. The van der Waals surface area contributed by atoms with Gasteiger partial charge in [0, 0.05) is 5.02 Å². The van der Waals surface area contributed by atoms with Crippen LogP contribution in [0.3, 0.4) is 0 Å². The van der Waals surface area contributed by atoms with E-state index >= 15 is 0 Å². The van der Waals surface area contributed by atoms with E-state index in [9.17, 15) is 18.3 Å². The average Bonchev–Trinajstić information content (AvgIpc) is 2.53. The third kappa shape index (κ3) is 4.33. The fraction of sp³-hybridized carbons (Fsp3) is 0.188. The van der Waals surface area contributed by atoms with E-state index in [1.165, 1.54) is 24.3 Å². The molecule has 6 nitrogen and oxygen atoms in total. The molecule has 0 aliphatic carbocycles. The summed E-state index contributed by atoms with van der Waals surface area (Å²) in [5, 5.41) is 9.63. The average molecular weight is 369 g/mol. The lowest BCUT2D eigenvalue weighted by Crippen LogP contribution is -2.45. The lowest BCUT2D eigenvalue weighted by Gasteiger charge is -2.22. The molecule has 0 saturated carbocycles. The SMILES string of the molecule is Cc1ccc(S(=O)(=O)N[C@@H](c2ccc(Cl)cc2)[C@@H](N)C(=O)O)cc1. The van der Waals surface area contributed by atoms with Gasteiger partial charge in [-0.25, -0.2) is 13.1 Å². The van der Waals surface area contributed by atoms with Gasteiger partial charge in [-0.1, -0.05) is 41.4 Å². The Hall–Kier alpha value is -1.93. The topological polar surface area (TPSA) is 109 Å². The van der Waals surface area contributed by atoms with E-state index in [1.54, 1.807) is 24.3 Å². The molecule has 0 aliphatic heterocycles. The summed E-state index contributed by atoms with van der Waals surface area (Å²) in [6.45, 7) is 1.83. The highest BCUT2D eigenvalue weighted by Crippen LogP contribution is 2.22. The molecule has 0 heterocycles. The van der Waals surface area contributed by atoms with Crippen molar-refractivity contribution < 1.29 is 18.3 Å². The fourth-order valence-electron chi connectivity index (χ4n) is 2.11. The van der Waals surface area contributed by atoms with Gasteiger partial charge in [0.2, 0.25) is 10.0 Å². The number of nitrogens with one attached hydrogen (secondary N) is 1. The van der Waals surface area contributed by atoms with Gasteiger partial charge >= 0.3 is 5.97 Å². The molecule has 2 atom stereocenters. The lowest BCUT2D eigenvalue weighted by molar-refractivity contribution is -0.139. The maximum absolute atomic E-state index is 12.5. The Morgan fingerprint density at radius 3 is 2.17 bits per heavy atom. The summed E-state index contributed by atoms with van der Waals surface area (Å²) in [6.07, 6.45) is 0. The second-order valence-electron chi connectivity index (χ2n) is 5.33. The minimum absolute atomic E-state index is 0.0321. The van der Waals surface area contributed by atoms with Gasteiger partial charge in [0.1, 0.15) is 6.04 Å². The quantitative estimate of drug-likeness (QED) is 0.723. The zero-order valence-corrected chi connectivity index (χ0v) is 14.4. The number of halogens is 1. The maximum Gasteiger partial charge on any atom is 0.322 e. The van der Waals surface area contributed by atoms with Crippen LogP contribution in [0.2, 0.25) is 5.02 Å². The molecule has 0 saturated heterocycles. The number of sulfonamides is 1. The van der Waals surface area contributed by atoms with Crippen LogP contribution >= 0.6 is 11.6 Å². The highest BCUT2D eigenvalue weighted by atomic mass is 35.5. The number of carbonyl (C=O) groups is 1. The van der Waals surface area contributed by atoms with Gasteiger partial charge < -0.3 is 10.8 Å². The molecule has 0 unspecified atom stereocenters. The summed E-state index contributed by atoms with van der Waals surface area (Å²) >= 11 is 5.82. The minimum atomic E-state index is -3.94. The summed E-state index contributed by atoms with van der Waals surface area (Å²) in [6, 6.07) is 9.77. The highest BCUT2D eigenvalue weighted by Gasteiger charge is 2.30. The summed E-state index contributed by atoms with van der Waals surface area (Å²) in [5.74, 6) is -1.32. The maximum atomic E-state index is 12.5. The van der Waals surface area contributed by atoms with Crippen LogP contribution in [0, 0.1) is 6.92 Å². The van der Waals surface area contributed by atoms with Crippen LogP contribution in [0.5, 0.6) is 0 Å². The zero-order valence-electron chi connectivity index (χ0n) is 12.8. The van der Waals surface area contributed by atoms with Gasteiger partial charge in [-0.3, -0.25) is 4.79 Å². The van der Waals surface area contributed by atoms with E-state index in [2.05, 4.69) is 4.72 Å². The molecule has 2 aromatic carbocycles. The van der Waals surface area contributed by atoms with Gasteiger partial charge in [0.05, 0.1) is 10.9 Å². The third-order valence-electron chi connectivity index (χ3n) is 3.49. The van der Waals surface area contributed by atoms with Crippen LogP contribution in [0.1, 0.15) is 17.2 Å². The lowest BCUT2D eigenvalue weighted by atomic mass is 10.0. The molecule has 128 valence electrons. The first-order valence-corrected chi connectivity index (χ1v) is 8.89. The molecule has 0 bridgehead atoms. The van der Waals surface area contributed by atoms with Crippen LogP contribution in [-0.2, 0) is 14.8 Å². The van der Waals surface area contributed by atoms with Gasteiger partial charge in [-0.15, -0.1) is 0 Å². The van der Waals surface area contributed by atoms with Crippen molar-refractivity contribution in [2.75, 3.05) is 0 Å². The van der Waals surface area contributed by atoms with Crippen molar-refractivity contribution in [1.29, 1.82) is 0 Å². The van der Waals surface area contributed by atoms with Crippen molar-refractivity contribution in [3.8, 4) is 0 Å². The summed E-state index contributed by atoms with van der Waals surface area (Å²) < 4.78 is 27.4. The first-order chi connectivity index (χ1) is 11.2. The standard InChI is InChI=1S/C16H17ClN2O4S/c1-10-2-8-13(9-3-10)24(22,23)19-15(14(18)16(20)21)11-4-6-12(17)7-5-11/h2-9,14-15,19H,18H2,1H3,(H,20,21)/t14-,15+/m1/s1. The number of aryl methyl sites for hydroxylation is 1. The number of nitrogens with two attached hydrogens (primary N) is 1. The number of hydrogen-bond donors (Lipinski definition) is 3. The van der Waals surface area contributed by atoms with Crippen LogP contribution in [0.15, 0.2) is 53.4 Å². The zero-order chi connectivity index (χ0) is 17.9. The first-order valence-electron chi connectivity index (χ1n) is 7.03. The number of carboxylic acids is 1. The molecule has 0 aliphatic rings. The molecule has 0 fully saturated rings. The van der Waals surface area contributed by atoms with Crippen molar-refractivity contribution >= 4 is 27.6 Å². The smallest absolute Gasteiger partial charge is 0.322 e. The van der Waals surface area contributed by atoms with E-state index in [1.807, 2.05) is 6.92 Å². The van der Waals surface area contributed by atoms with E-state index in [-0.39, 0.29) is 4.90 Å². The normalized spacial score (nSPS) is 14.1. The van der Waals surface area contributed by atoms with Gasteiger partial charge in [0.15, 0.2) is 0 Å². The van der Waals surface area contributed by atoms with Crippen LogP contribution in [-0.4, -0.2) is 25.5 Å². The highest BCUT2D eigenvalue weighted by molar-refractivity contribution is 7.89. The second kappa shape index (κ2) is 7.31. The molecular formula is C16H17ClN2O4S. The van der Waals surface area contributed by atoms with Crippen molar-refractivity contribution in [2.45, 2.75) is 23.9 Å². The monoisotopic (exact) mass is 368 g/mol. The van der Waals surface area contributed by atoms with E-state index in [0.29, 0.717) is 10.6 Å². The van der Waals surface area contributed by atoms with Crippen molar-refractivity contribution in [1.82, 2.24) is 4.72 Å². The Labute approximate surface area is 145 Å². The van der Waals surface area contributed by atoms with E-state index < -0.39 is 28.1 Å². The number of carboxylic acid groups (broad SMARTS) is 1. The molecule has 0 aromatic heterocycles. The van der Waals surface area contributed by atoms with E-state index in [0.717, 1.165) is 5.56 Å². The Balaban J connectivity index is 2.39. The Morgan fingerprint density at radius 1 is 1.12 bits per heavy atom. The van der Waals surface area contributed by atoms with Crippen LogP contribution in [0.25, 0.3) is 0 Å². The van der Waals surface area contributed by atoms with Gasteiger partial charge in [-0.05, 0) is 36.8 Å². The molecule has 2 aromatic rings. The molecule has 24 heavy (non-hydrogen) atoms. The predicted molar refractivity (Wildman–Crippen MR) is 91.3 cm³/mol. The number of aliphatic carboxylic acids is 1. The molecule has 8 heteroatoms. The molecule has 0 amide bonds. The summed E-state index contributed by atoms with van der Waals surface area (Å²) in [5.41, 5.74) is 7.00.